The highest BCUT2D eigenvalue weighted by atomic mass is 79.9. The van der Waals surface area contributed by atoms with Gasteiger partial charge in [-0.3, -0.25) is 0 Å². The van der Waals surface area contributed by atoms with Crippen molar-refractivity contribution >= 4 is 27.3 Å². The number of nitrogens with one attached hydrogen (secondary N) is 1. The molecule has 0 unspecified atom stereocenters. The van der Waals surface area contributed by atoms with E-state index >= 15 is 0 Å². The second-order valence-corrected chi connectivity index (χ2v) is 5.65. The van der Waals surface area contributed by atoms with Crippen LogP contribution in [0.3, 0.4) is 0 Å². The molecule has 0 bridgehead atoms. The van der Waals surface area contributed by atoms with Crippen LogP contribution in [0.2, 0.25) is 0 Å². The third kappa shape index (κ3) is 4.48. The minimum absolute atomic E-state index is 0.176. The standard InChI is InChI=1S/C17H21BrN2O/c1-2-20(11-12-21)16-9-7-15(8-10-16)19-13-14-5-3-4-6-17(14)18/h3-10,19,21H,2,11-13H2,1H3. The number of anilines is 2. The Morgan fingerprint density at radius 3 is 2.43 bits per heavy atom. The Kier molecular flexibility index (Phi) is 6.08. The zero-order chi connectivity index (χ0) is 15.1. The SMILES string of the molecule is CCN(CCO)c1ccc(NCc2ccccc2Br)cc1. The Hall–Kier alpha value is -1.52. The van der Waals surface area contributed by atoms with Crippen molar-refractivity contribution in [1.29, 1.82) is 0 Å². The van der Waals surface area contributed by atoms with Crippen LogP contribution in [-0.4, -0.2) is 24.8 Å². The number of aliphatic hydroxyl groups excluding tert-OH is 1. The highest BCUT2D eigenvalue weighted by Gasteiger charge is 2.03. The molecule has 0 fully saturated rings. The van der Waals surface area contributed by atoms with Gasteiger partial charge in [-0.2, -0.15) is 0 Å². The van der Waals surface area contributed by atoms with Crippen molar-refractivity contribution < 1.29 is 5.11 Å². The van der Waals surface area contributed by atoms with Gasteiger partial charge in [0.1, 0.15) is 0 Å². The predicted molar refractivity (Wildman–Crippen MR) is 92.9 cm³/mol. The van der Waals surface area contributed by atoms with Crippen molar-refractivity contribution in [2.24, 2.45) is 0 Å². The Bertz CT molecular complexity index is 557. The van der Waals surface area contributed by atoms with E-state index in [2.05, 4.69) is 63.4 Å². The largest absolute Gasteiger partial charge is 0.395 e. The van der Waals surface area contributed by atoms with E-state index in [0.29, 0.717) is 6.54 Å². The fraction of sp³-hybridized carbons (Fsp3) is 0.294. The van der Waals surface area contributed by atoms with Gasteiger partial charge in [-0.25, -0.2) is 0 Å². The summed E-state index contributed by atoms with van der Waals surface area (Å²) in [6.07, 6.45) is 0. The van der Waals surface area contributed by atoms with Gasteiger partial charge in [0.2, 0.25) is 0 Å². The lowest BCUT2D eigenvalue weighted by Gasteiger charge is -2.22. The van der Waals surface area contributed by atoms with Crippen LogP contribution in [0.25, 0.3) is 0 Å². The van der Waals surface area contributed by atoms with Gasteiger partial charge in [0.05, 0.1) is 6.61 Å². The molecule has 2 rings (SSSR count). The van der Waals surface area contributed by atoms with E-state index in [1.807, 2.05) is 18.2 Å². The monoisotopic (exact) mass is 348 g/mol. The average Bonchev–Trinajstić information content (AvgIpc) is 2.52. The van der Waals surface area contributed by atoms with E-state index in [4.69, 9.17) is 5.11 Å². The van der Waals surface area contributed by atoms with Gasteiger partial charge in [-0.05, 0) is 42.8 Å². The van der Waals surface area contributed by atoms with E-state index in [0.717, 1.165) is 28.9 Å². The number of benzene rings is 2. The van der Waals surface area contributed by atoms with E-state index in [1.165, 1.54) is 5.56 Å². The van der Waals surface area contributed by atoms with Crippen molar-refractivity contribution in [3.8, 4) is 0 Å². The molecule has 4 heteroatoms. The lowest BCUT2D eigenvalue weighted by molar-refractivity contribution is 0.302. The Morgan fingerprint density at radius 2 is 1.81 bits per heavy atom. The molecule has 0 amide bonds. The minimum Gasteiger partial charge on any atom is -0.395 e. The molecular formula is C17H21BrN2O. The van der Waals surface area contributed by atoms with E-state index in [1.54, 1.807) is 0 Å². The van der Waals surface area contributed by atoms with Crippen LogP contribution >= 0.6 is 15.9 Å². The molecule has 0 aliphatic carbocycles. The zero-order valence-electron chi connectivity index (χ0n) is 12.2. The van der Waals surface area contributed by atoms with Gasteiger partial charge < -0.3 is 15.3 Å². The maximum absolute atomic E-state index is 9.06. The molecule has 0 radical (unpaired) electrons. The molecular weight excluding hydrogens is 328 g/mol. The highest BCUT2D eigenvalue weighted by molar-refractivity contribution is 9.10. The summed E-state index contributed by atoms with van der Waals surface area (Å²) in [5.74, 6) is 0. The van der Waals surface area contributed by atoms with Crippen LogP contribution in [0.1, 0.15) is 12.5 Å². The van der Waals surface area contributed by atoms with Gasteiger partial charge >= 0.3 is 0 Å². The lowest BCUT2D eigenvalue weighted by Crippen LogP contribution is -2.25. The highest BCUT2D eigenvalue weighted by Crippen LogP contribution is 2.20. The van der Waals surface area contributed by atoms with Crippen LogP contribution in [0.15, 0.2) is 53.0 Å². The Morgan fingerprint density at radius 1 is 1.10 bits per heavy atom. The molecule has 0 aromatic heterocycles. The van der Waals surface area contributed by atoms with Gasteiger partial charge in [-0.1, -0.05) is 34.1 Å². The normalized spacial score (nSPS) is 10.4. The summed E-state index contributed by atoms with van der Waals surface area (Å²) in [7, 11) is 0. The first-order valence-electron chi connectivity index (χ1n) is 7.17. The van der Waals surface area contributed by atoms with Gasteiger partial charge in [0.25, 0.3) is 0 Å². The first kappa shape index (κ1) is 15.9. The molecule has 0 atom stereocenters. The van der Waals surface area contributed by atoms with E-state index in [9.17, 15) is 0 Å². The summed E-state index contributed by atoms with van der Waals surface area (Å²) in [6, 6.07) is 16.5. The first-order chi connectivity index (χ1) is 10.2. The van der Waals surface area contributed by atoms with Gasteiger partial charge in [0, 0.05) is 35.5 Å². The average molecular weight is 349 g/mol. The Balaban J connectivity index is 1.98. The third-order valence-electron chi connectivity index (χ3n) is 3.42. The smallest absolute Gasteiger partial charge is 0.0606 e. The number of hydrogen-bond donors (Lipinski definition) is 2. The van der Waals surface area contributed by atoms with E-state index in [-0.39, 0.29) is 6.61 Å². The van der Waals surface area contributed by atoms with Crippen LogP contribution in [0, 0.1) is 0 Å². The fourth-order valence-electron chi connectivity index (χ4n) is 2.22. The van der Waals surface area contributed by atoms with Crippen molar-refractivity contribution in [2.45, 2.75) is 13.5 Å². The molecule has 2 N–H and O–H groups in total. The second-order valence-electron chi connectivity index (χ2n) is 4.80. The number of aliphatic hydroxyl groups is 1. The zero-order valence-corrected chi connectivity index (χ0v) is 13.8. The minimum atomic E-state index is 0.176. The van der Waals surface area contributed by atoms with Crippen molar-refractivity contribution in [3.05, 3.63) is 58.6 Å². The topological polar surface area (TPSA) is 35.5 Å². The first-order valence-corrected chi connectivity index (χ1v) is 7.97. The molecule has 112 valence electrons. The third-order valence-corrected chi connectivity index (χ3v) is 4.20. The van der Waals surface area contributed by atoms with Gasteiger partial charge in [0.15, 0.2) is 0 Å². The maximum atomic E-state index is 9.06. The predicted octanol–water partition coefficient (Wildman–Crippen LogP) is 3.88. The van der Waals surface area contributed by atoms with Crippen molar-refractivity contribution in [1.82, 2.24) is 0 Å². The number of rotatable bonds is 7. The summed E-state index contributed by atoms with van der Waals surface area (Å²) in [6.45, 7) is 4.62. The molecule has 0 saturated heterocycles. The van der Waals surface area contributed by atoms with Crippen molar-refractivity contribution in [2.75, 3.05) is 29.9 Å². The number of halogens is 1. The summed E-state index contributed by atoms with van der Waals surface area (Å²) in [5, 5.41) is 12.5. The molecule has 21 heavy (non-hydrogen) atoms. The summed E-state index contributed by atoms with van der Waals surface area (Å²) >= 11 is 3.56. The molecule has 2 aromatic rings. The Labute approximate surface area is 134 Å². The van der Waals surface area contributed by atoms with Crippen LogP contribution in [0.4, 0.5) is 11.4 Å². The quantitative estimate of drug-likeness (QED) is 0.796. The summed E-state index contributed by atoms with van der Waals surface area (Å²) in [5.41, 5.74) is 3.46. The maximum Gasteiger partial charge on any atom is 0.0606 e. The molecule has 3 nitrogen and oxygen atoms in total. The van der Waals surface area contributed by atoms with Crippen LogP contribution in [-0.2, 0) is 6.54 Å². The summed E-state index contributed by atoms with van der Waals surface area (Å²) < 4.78 is 1.12. The number of hydrogen-bond acceptors (Lipinski definition) is 3. The molecule has 0 saturated carbocycles. The molecule has 0 aliphatic heterocycles. The second kappa shape index (κ2) is 8.05. The van der Waals surface area contributed by atoms with Gasteiger partial charge in [-0.15, -0.1) is 0 Å². The lowest BCUT2D eigenvalue weighted by atomic mass is 10.2. The van der Waals surface area contributed by atoms with E-state index < -0.39 is 0 Å². The van der Waals surface area contributed by atoms with Crippen LogP contribution < -0.4 is 10.2 Å². The molecule has 0 spiro atoms. The van der Waals surface area contributed by atoms with Crippen LogP contribution in [0.5, 0.6) is 0 Å². The van der Waals surface area contributed by atoms with Crippen molar-refractivity contribution in [3.63, 3.8) is 0 Å². The number of nitrogens with zero attached hydrogens (tertiary/aromatic N) is 1. The molecule has 0 aliphatic rings. The molecule has 0 heterocycles. The fourth-order valence-corrected chi connectivity index (χ4v) is 2.64. The molecule has 2 aromatic carbocycles. The summed E-state index contributed by atoms with van der Waals surface area (Å²) in [4.78, 5) is 2.15. The number of likely N-dealkylation sites (N-methyl/N-ethyl adjacent to an activating group) is 1.